The van der Waals surface area contributed by atoms with Gasteiger partial charge in [-0.25, -0.2) is 22.0 Å². The molecule has 21 heavy (non-hydrogen) atoms. The highest BCUT2D eigenvalue weighted by Gasteiger charge is 2.35. The van der Waals surface area contributed by atoms with Crippen LogP contribution in [0.4, 0.5) is 13.6 Å². The maximum atomic E-state index is 13.5. The largest absolute Gasteiger partial charge is 0.326 e. The van der Waals surface area contributed by atoms with E-state index >= 15 is 0 Å². The van der Waals surface area contributed by atoms with Gasteiger partial charge in [0.2, 0.25) is 0 Å². The number of imide groups is 1. The maximum Gasteiger partial charge on any atom is 0.324 e. The number of nitrogens with one attached hydrogen (secondary N) is 1. The topological polar surface area (TPSA) is 83.6 Å². The Morgan fingerprint density at radius 3 is 2.52 bits per heavy atom. The van der Waals surface area contributed by atoms with E-state index in [0.717, 1.165) is 11.0 Å². The molecule has 1 aromatic carbocycles. The smallest absolute Gasteiger partial charge is 0.324 e. The van der Waals surface area contributed by atoms with Crippen molar-refractivity contribution in [2.45, 2.75) is 17.9 Å². The Morgan fingerprint density at radius 2 is 1.95 bits per heavy atom. The van der Waals surface area contributed by atoms with Gasteiger partial charge in [-0.2, -0.15) is 0 Å². The summed E-state index contributed by atoms with van der Waals surface area (Å²) in [5, 5.41) is 2.32. The Morgan fingerprint density at radius 1 is 1.29 bits per heavy atom. The minimum atomic E-state index is -4.15. The van der Waals surface area contributed by atoms with Gasteiger partial charge in [-0.15, -0.1) is 0 Å². The first-order valence-electron chi connectivity index (χ1n) is 6.02. The van der Waals surface area contributed by atoms with Gasteiger partial charge in [0.1, 0.15) is 22.6 Å². The Kier molecular flexibility index (Phi) is 3.95. The van der Waals surface area contributed by atoms with Gasteiger partial charge >= 0.3 is 6.03 Å². The fourth-order valence-corrected chi connectivity index (χ4v) is 3.21. The average Bonchev–Trinajstić information content (AvgIpc) is 2.64. The van der Waals surface area contributed by atoms with E-state index in [1.165, 1.54) is 6.92 Å². The second-order valence-corrected chi connectivity index (χ2v) is 6.63. The first kappa shape index (κ1) is 15.4. The van der Waals surface area contributed by atoms with Crippen LogP contribution < -0.4 is 5.32 Å². The Balaban J connectivity index is 2.17. The van der Waals surface area contributed by atoms with Crippen molar-refractivity contribution in [1.29, 1.82) is 0 Å². The van der Waals surface area contributed by atoms with Crippen LogP contribution in [0.2, 0.25) is 0 Å². The molecule has 0 aromatic heterocycles. The third-order valence-corrected chi connectivity index (χ3v) is 4.74. The molecule has 9 heteroatoms. The molecule has 1 heterocycles. The molecule has 0 bridgehead atoms. The Labute approximate surface area is 119 Å². The van der Waals surface area contributed by atoms with Gasteiger partial charge in [0.25, 0.3) is 5.91 Å². The summed E-state index contributed by atoms with van der Waals surface area (Å²) in [7, 11) is -4.15. The molecule has 1 aliphatic heterocycles. The van der Waals surface area contributed by atoms with Gasteiger partial charge in [-0.05, 0) is 25.1 Å². The normalized spacial score (nSPS) is 19.0. The number of urea groups is 1. The van der Waals surface area contributed by atoms with Crippen LogP contribution in [0.3, 0.4) is 0 Å². The van der Waals surface area contributed by atoms with Crippen molar-refractivity contribution in [3.05, 3.63) is 29.8 Å². The van der Waals surface area contributed by atoms with Crippen molar-refractivity contribution in [2.24, 2.45) is 0 Å². The van der Waals surface area contributed by atoms with Crippen LogP contribution in [0.5, 0.6) is 0 Å². The zero-order valence-electron chi connectivity index (χ0n) is 11.0. The molecule has 6 nitrogen and oxygen atoms in total. The van der Waals surface area contributed by atoms with Crippen molar-refractivity contribution in [1.82, 2.24) is 10.2 Å². The molecule has 2 rings (SSSR count). The van der Waals surface area contributed by atoms with Crippen LogP contribution >= 0.6 is 0 Å². The molecule has 0 radical (unpaired) electrons. The number of benzene rings is 1. The van der Waals surface area contributed by atoms with Crippen molar-refractivity contribution in [3.63, 3.8) is 0 Å². The summed E-state index contributed by atoms with van der Waals surface area (Å²) in [4.78, 5) is 23.0. The lowest BCUT2D eigenvalue weighted by atomic mass is 10.3. The van der Waals surface area contributed by atoms with Gasteiger partial charge in [0, 0.05) is 6.54 Å². The molecular weight excluding hydrogens is 306 g/mol. The number of nitrogens with zero attached hydrogens (tertiary/aromatic N) is 1. The van der Waals surface area contributed by atoms with Gasteiger partial charge in [-0.3, -0.25) is 9.69 Å². The van der Waals surface area contributed by atoms with Crippen molar-refractivity contribution < 1.29 is 26.8 Å². The third-order valence-electron chi connectivity index (χ3n) is 3.03. The number of carbonyl (C=O) groups excluding carboxylic acids is 2. The summed E-state index contributed by atoms with van der Waals surface area (Å²) in [6.45, 7) is 1.04. The quantitative estimate of drug-likeness (QED) is 0.828. The molecule has 0 unspecified atom stereocenters. The average molecular weight is 318 g/mol. The number of rotatable bonds is 4. The van der Waals surface area contributed by atoms with E-state index in [-0.39, 0.29) is 0 Å². The van der Waals surface area contributed by atoms with E-state index in [1.807, 2.05) is 0 Å². The first-order chi connectivity index (χ1) is 9.72. The van der Waals surface area contributed by atoms with Crippen molar-refractivity contribution in [3.8, 4) is 0 Å². The molecule has 3 amide bonds. The molecule has 0 spiro atoms. The number of sulfone groups is 1. The van der Waals surface area contributed by atoms with E-state index in [2.05, 4.69) is 5.32 Å². The fourth-order valence-electron chi connectivity index (χ4n) is 1.91. The minimum Gasteiger partial charge on any atom is -0.326 e. The SMILES string of the molecule is C[C@H]1NC(=O)N(CCS(=O)(=O)c2cc(F)ccc2F)C1=O. The number of hydrogen-bond donors (Lipinski definition) is 1. The summed E-state index contributed by atoms with van der Waals surface area (Å²) in [6, 6.07) is 0.638. The van der Waals surface area contributed by atoms with E-state index in [9.17, 15) is 26.8 Å². The summed E-state index contributed by atoms with van der Waals surface area (Å²) in [5.74, 6) is -3.21. The highest BCUT2D eigenvalue weighted by Crippen LogP contribution is 2.18. The van der Waals surface area contributed by atoms with Crippen LogP contribution in [-0.2, 0) is 14.6 Å². The Bertz CT molecular complexity index is 705. The number of hydrogen-bond acceptors (Lipinski definition) is 4. The summed E-state index contributed by atoms with van der Waals surface area (Å²) < 4.78 is 50.5. The van der Waals surface area contributed by atoms with Crippen LogP contribution in [0, 0.1) is 11.6 Å². The molecule has 1 N–H and O–H groups in total. The predicted molar refractivity (Wildman–Crippen MR) is 68.1 cm³/mol. The van der Waals surface area contributed by atoms with E-state index < -0.39 is 56.6 Å². The van der Waals surface area contributed by atoms with Crippen LogP contribution in [-0.4, -0.2) is 43.6 Å². The lowest BCUT2D eigenvalue weighted by Crippen LogP contribution is -2.35. The van der Waals surface area contributed by atoms with E-state index in [1.54, 1.807) is 0 Å². The van der Waals surface area contributed by atoms with Crippen LogP contribution in [0.25, 0.3) is 0 Å². The summed E-state index contributed by atoms with van der Waals surface area (Å²) >= 11 is 0. The first-order valence-corrected chi connectivity index (χ1v) is 7.67. The highest BCUT2D eigenvalue weighted by molar-refractivity contribution is 7.91. The number of halogens is 2. The van der Waals surface area contributed by atoms with E-state index in [4.69, 9.17) is 0 Å². The van der Waals surface area contributed by atoms with Gasteiger partial charge in [-0.1, -0.05) is 0 Å². The zero-order valence-corrected chi connectivity index (χ0v) is 11.8. The lowest BCUT2D eigenvalue weighted by molar-refractivity contribution is -0.126. The summed E-state index contributed by atoms with van der Waals surface area (Å²) in [5.41, 5.74) is 0. The van der Waals surface area contributed by atoms with Gasteiger partial charge in [0.15, 0.2) is 9.84 Å². The zero-order chi connectivity index (χ0) is 15.8. The van der Waals surface area contributed by atoms with Crippen molar-refractivity contribution >= 4 is 21.8 Å². The molecule has 1 atom stereocenters. The summed E-state index contributed by atoms with van der Waals surface area (Å²) in [6.07, 6.45) is 0. The number of carbonyl (C=O) groups is 2. The second-order valence-electron chi connectivity index (χ2n) is 4.55. The second kappa shape index (κ2) is 5.40. The molecule has 0 saturated carbocycles. The Hall–Kier alpha value is -2.03. The molecule has 1 saturated heterocycles. The lowest BCUT2D eigenvalue weighted by Gasteiger charge is -2.13. The van der Waals surface area contributed by atoms with Crippen LogP contribution in [0.1, 0.15) is 6.92 Å². The molecule has 1 fully saturated rings. The minimum absolute atomic E-state index is 0.423. The molecule has 114 valence electrons. The molecule has 1 aliphatic rings. The van der Waals surface area contributed by atoms with Crippen LogP contribution in [0.15, 0.2) is 23.1 Å². The third kappa shape index (κ3) is 3.02. The maximum absolute atomic E-state index is 13.5. The van der Waals surface area contributed by atoms with Gasteiger partial charge in [0.05, 0.1) is 5.75 Å². The molecule has 0 aliphatic carbocycles. The van der Waals surface area contributed by atoms with Crippen molar-refractivity contribution in [2.75, 3.05) is 12.3 Å². The molecular formula is C12H12F2N2O4S. The number of amides is 3. The predicted octanol–water partition coefficient (Wildman–Crippen LogP) is 0.679. The fraction of sp³-hybridized carbons (Fsp3) is 0.333. The van der Waals surface area contributed by atoms with Gasteiger partial charge < -0.3 is 5.32 Å². The monoisotopic (exact) mass is 318 g/mol. The standard InChI is InChI=1S/C12H12F2N2O4S/c1-7-11(17)16(12(18)15-7)4-5-21(19,20)10-6-8(13)2-3-9(10)14/h2-3,6-7H,4-5H2,1H3,(H,15,18)/t7-/m1/s1. The molecule has 1 aromatic rings. The van der Waals surface area contributed by atoms with E-state index in [0.29, 0.717) is 12.1 Å². The highest BCUT2D eigenvalue weighted by atomic mass is 32.2.